The highest BCUT2D eigenvalue weighted by Gasteiger charge is 2.07. The second-order valence-corrected chi connectivity index (χ2v) is 4.62. The second kappa shape index (κ2) is 3.95. The zero-order chi connectivity index (χ0) is 12.7. The normalized spacial score (nSPS) is 11.2. The average Bonchev–Trinajstić information content (AvgIpc) is 2.97. The fourth-order valence-corrected chi connectivity index (χ4v) is 2.62. The van der Waals surface area contributed by atoms with E-state index in [1.54, 1.807) is 0 Å². The molecule has 2 nitrogen and oxygen atoms in total. The van der Waals surface area contributed by atoms with Gasteiger partial charge in [0.05, 0.1) is 11.0 Å². The highest BCUT2D eigenvalue weighted by Crippen LogP contribution is 2.29. The van der Waals surface area contributed by atoms with Crippen LogP contribution < -0.4 is 0 Å². The van der Waals surface area contributed by atoms with Crippen LogP contribution in [0.5, 0.6) is 0 Å². The summed E-state index contributed by atoms with van der Waals surface area (Å²) in [5.41, 5.74) is 4.89. The van der Waals surface area contributed by atoms with E-state index in [-0.39, 0.29) is 0 Å². The van der Waals surface area contributed by atoms with E-state index in [2.05, 4.69) is 64.1 Å². The van der Waals surface area contributed by atoms with E-state index in [0.29, 0.717) is 0 Å². The Labute approximate surface area is 111 Å². The smallest absolute Gasteiger partial charge is 0.0559 e. The molecule has 0 atom stereocenters. The zero-order valence-electron chi connectivity index (χ0n) is 10.3. The molecule has 4 rings (SSSR count). The number of hydrogen-bond donors (Lipinski definition) is 0. The van der Waals surface area contributed by atoms with Crippen molar-refractivity contribution < 1.29 is 0 Å². The lowest BCUT2D eigenvalue weighted by molar-refractivity contribution is 1.25. The van der Waals surface area contributed by atoms with Gasteiger partial charge in [-0.2, -0.15) is 0 Å². The van der Waals surface area contributed by atoms with Gasteiger partial charge in [-0.3, -0.25) is 4.98 Å². The predicted octanol–water partition coefficient (Wildman–Crippen LogP) is 4.15. The highest BCUT2D eigenvalue weighted by molar-refractivity contribution is 5.92. The molecular formula is C17H12N2. The maximum absolute atomic E-state index is 4.23. The first-order valence-corrected chi connectivity index (χ1v) is 6.33. The van der Waals surface area contributed by atoms with E-state index in [1.165, 1.54) is 22.2 Å². The largest absolute Gasteiger partial charge is 0.316 e. The van der Waals surface area contributed by atoms with Crippen LogP contribution in [0.2, 0.25) is 0 Å². The molecule has 19 heavy (non-hydrogen) atoms. The molecule has 0 bridgehead atoms. The van der Waals surface area contributed by atoms with Gasteiger partial charge in [-0.25, -0.2) is 0 Å². The van der Waals surface area contributed by atoms with Crippen molar-refractivity contribution in [2.24, 2.45) is 0 Å². The van der Waals surface area contributed by atoms with Crippen molar-refractivity contribution in [1.29, 1.82) is 0 Å². The van der Waals surface area contributed by atoms with Crippen LogP contribution >= 0.6 is 0 Å². The first-order chi connectivity index (χ1) is 9.43. The Bertz CT molecular complexity index is 860. The molecule has 0 saturated heterocycles. The third-order valence-corrected chi connectivity index (χ3v) is 3.50. The third-order valence-electron chi connectivity index (χ3n) is 3.50. The van der Waals surface area contributed by atoms with Crippen LogP contribution in [-0.4, -0.2) is 9.38 Å². The lowest BCUT2D eigenvalue weighted by Crippen LogP contribution is -1.90. The van der Waals surface area contributed by atoms with Crippen molar-refractivity contribution in [2.45, 2.75) is 0 Å². The van der Waals surface area contributed by atoms with Gasteiger partial charge in [-0.15, -0.1) is 0 Å². The Morgan fingerprint density at radius 1 is 0.842 bits per heavy atom. The van der Waals surface area contributed by atoms with Crippen LogP contribution in [0.25, 0.3) is 27.5 Å². The van der Waals surface area contributed by atoms with E-state index in [1.807, 2.05) is 18.5 Å². The molecule has 0 aliphatic carbocycles. The number of nitrogens with zero attached hydrogens (tertiary/aromatic N) is 2. The van der Waals surface area contributed by atoms with Crippen LogP contribution in [0.4, 0.5) is 0 Å². The molecule has 0 N–H and O–H groups in total. The fourth-order valence-electron chi connectivity index (χ4n) is 2.62. The summed E-state index contributed by atoms with van der Waals surface area (Å²) < 4.78 is 2.22. The monoisotopic (exact) mass is 244 g/mol. The molecule has 0 unspecified atom stereocenters. The van der Waals surface area contributed by atoms with Crippen molar-refractivity contribution in [3.05, 3.63) is 73.2 Å². The molecule has 3 aromatic heterocycles. The number of rotatable bonds is 1. The van der Waals surface area contributed by atoms with E-state index < -0.39 is 0 Å². The lowest BCUT2D eigenvalue weighted by Gasteiger charge is -2.09. The molecule has 90 valence electrons. The minimum atomic E-state index is 1.16. The summed E-state index contributed by atoms with van der Waals surface area (Å²) in [5.74, 6) is 0. The van der Waals surface area contributed by atoms with Gasteiger partial charge in [0.15, 0.2) is 0 Å². The maximum atomic E-state index is 4.23. The van der Waals surface area contributed by atoms with Crippen LogP contribution in [0, 0.1) is 0 Å². The van der Waals surface area contributed by atoms with Gasteiger partial charge in [0, 0.05) is 29.5 Å². The van der Waals surface area contributed by atoms with E-state index >= 15 is 0 Å². The van der Waals surface area contributed by atoms with Gasteiger partial charge < -0.3 is 4.40 Å². The van der Waals surface area contributed by atoms with E-state index in [9.17, 15) is 0 Å². The van der Waals surface area contributed by atoms with Crippen LogP contribution in [-0.2, 0) is 0 Å². The number of hydrogen-bond acceptors (Lipinski definition) is 1. The van der Waals surface area contributed by atoms with Gasteiger partial charge in [-0.1, -0.05) is 30.3 Å². The van der Waals surface area contributed by atoms with Crippen LogP contribution in [0.1, 0.15) is 0 Å². The molecule has 2 heteroatoms. The molecule has 0 fully saturated rings. The standard InChI is InChI=1S/C17H12N2/c1-2-5-13(6-3-1)15-11-14-12-18-9-8-16(14)19-10-4-7-17(15)19/h1-12H. The number of aromatic nitrogens is 2. The second-order valence-electron chi connectivity index (χ2n) is 4.62. The summed E-state index contributed by atoms with van der Waals surface area (Å²) in [6.07, 6.45) is 5.86. The molecule has 0 aliphatic rings. The summed E-state index contributed by atoms with van der Waals surface area (Å²) >= 11 is 0. The molecule has 3 heterocycles. The summed E-state index contributed by atoms with van der Waals surface area (Å²) in [6.45, 7) is 0. The van der Waals surface area contributed by atoms with Crippen molar-refractivity contribution in [1.82, 2.24) is 9.38 Å². The zero-order valence-corrected chi connectivity index (χ0v) is 10.3. The molecule has 4 aromatic rings. The van der Waals surface area contributed by atoms with Crippen molar-refractivity contribution >= 4 is 16.4 Å². The molecule has 0 aliphatic heterocycles. The van der Waals surface area contributed by atoms with Gasteiger partial charge in [0.1, 0.15) is 0 Å². The maximum Gasteiger partial charge on any atom is 0.0559 e. The van der Waals surface area contributed by atoms with Crippen LogP contribution in [0.3, 0.4) is 0 Å². The van der Waals surface area contributed by atoms with Crippen molar-refractivity contribution in [3.8, 4) is 11.1 Å². The summed E-state index contributed by atoms with van der Waals surface area (Å²) in [4.78, 5) is 4.23. The summed E-state index contributed by atoms with van der Waals surface area (Å²) in [5, 5.41) is 1.16. The Hall–Kier alpha value is -2.61. The Kier molecular flexibility index (Phi) is 2.15. The molecule has 1 aromatic carbocycles. The predicted molar refractivity (Wildman–Crippen MR) is 78.1 cm³/mol. The topological polar surface area (TPSA) is 17.3 Å². The first-order valence-electron chi connectivity index (χ1n) is 6.33. The Morgan fingerprint density at radius 3 is 2.63 bits per heavy atom. The van der Waals surface area contributed by atoms with Gasteiger partial charge in [0.25, 0.3) is 0 Å². The van der Waals surface area contributed by atoms with E-state index in [0.717, 1.165) is 5.39 Å². The summed E-state index contributed by atoms with van der Waals surface area (Å²) in [7, 11) is 0. The van der Waals surface area contributed by atoms with E-state index in [4.69, 9.17) is 0 Å². The van der Waals surface area contributed by atoms with Gasteiger partial charge >= 0.3 is 0 Å². The van der Waals surface area contributed by atoms with Gasteiger partial charge in [-0.05, 0) is 29.8 Å². The average molecular weight is 244 g/mol. The molecule has 0 radical (unpaired) electrons. The quantitative estimate of drug-likeness (QED) is 0.491. The first kappa shape index (κ1) is 10.3. The molecular weight excluding hydrogens is 232 g/mol. The Balaban J connectivity index is 2.17. The number of pyridine rings is 2. The Morgan fingerprint density at radius 2 is 1.74 bits per heavy atom. The third kappa shape index (κ3) is 1.54. The molecule has 0 saturated carbocycles. The fraction of sp³-hybridized carbons (Fsp3) is 0. The molecule has 0 amide bonds. The molecule has 0 spiro atoms. The highest BCUT2D eigenvalue weighted by atomic mass is 14.9. The lowest BCUT2D eigenvalue weighted by atomic mass is 10.0. The SMILES string of the molecule is c1ccc(-c2cc3cnccc3n3cccc23)cc1. The van der Waals surface area contributed by atoms with Crippen molar-refractivity contribution in [3.63, 3.8) is 0 Å². The van der Waals surface area contributed by atoms with Gasteiger partial charge in [0.2, 0.25) is 0 Å². The van der Waals surface area contributed by atoms with Crippen LogP contribution in [0.15, 0.2) is 73.2 Å². The number of benzene rings is 1. The minimum absolute atomic E-state index is 1.16. The van der Waals surface area contributed by atoms with Crippen molar-refractivity contribution in [2.75, 3.05) is 0 Å². The number of fused-ring (bicyclic) bond motifs is 3. The summed E-state index contributed by atoms with van der Waals surface area (Å²) in [6, 6.07) is 19.0. The minimum Gasteiger partial charge on any atom is -0.316 e.